The first kappa shape index (κ1) is 20.6. The molecule has 0 aliphatic rings. The number of hydrogen-bond donors (Lipinski definition) is 1. The zero-order valence-electron chi connectivity index (χ0n) is 15.5. The molecule has 146 valence electrons. The van der Waals surface area contributed by atoms with Crippen LogP contribution in [0.1, 0.15) is 10.4 Å². The van der Waals surface area contributed by atoms with E-state index in [1.54, 1.807) is 54.6 Å². The van der Waals surface area contributed by atoms with E-state index in [2.05, 4.69) is 11.9 Å². The topological polar surface area (TPSA) is 41.6 Å². The van der Waals surface area contributed by atoms with E-state index in [1.807, 2.05) is 35.2 Å². The van der Waals surface area contributed by atoms with Gasteiger partial charge in [-0.2, -0.15) is 0 Å². The summed E-state index contributed by atoms with van der Waals surface area (Å²) in [5, 5.41) is 3.66. The lowest BCUT2D eigenvalue weighted by Crippen LogP contribution is -2.33. The van der Waals surface area contributed by atoms with E-state index in [-0.39, 0.29) is 5.91 Å². The molecule has 0 saturated heterocycles. The lowest BCUT2D eigenvalue weighted by Gasteiger charge is -2.23. The molecule has 0 fully saturated rings. The predicted molar refractivity (Wildman–Crippen MR) is 123 cm³/mol. The van der Waals surface area contributed by atoms with Crippen molar-refractivity contribution in [3.63, 3.8) is 0 Å². The Morgan fingerprint density at radius 2 is 1.79 bits per heavy atom. The third kappa shape index (κ3) is 5.67. The summed E-state index contributed by atoms with van der Waals surface area (Å²) >= 11 is 11.4. The lowest BCUT2D eigenvalue weighted by atomic mass is 10.2. The molecule has 6 heteroatoms. The highest BCUT2D eigenvalue weighted by Gasteiger charge is 2.13. The number of ether oxygens (including phenoxy) is 1. The van der Waals surface area contributed by atoms with Crippen molar-refractivity contribution in [2.24, 2.45) is 0 Å². The van der Waals surface area contributed by atoms with Gasteiger partial charge in [-0.25, -0.2) is 0 Å². The Morgan fingerprint density at radius 3 is 2.45 bits per heavy atom. The first-order valence-electron chi connectivity index (χ1n) is 8.89. The van der Waals surface area contributed by atoms with Crippen LogP contribution in [0.3, 0.4) is 0 Å². The van der Waals surface area contributed by atoms with E-state index >= 15 is 0 Å². The molecule has 0 aromatic heterocycles. The van der Waals surface area contributed by atoms with Gasteiger partial charge in [0.1, 0.15) is 5.75 Å². The smallest absolute Gasteiger partial charge is 0.269 e. The number of nitrogens with zero attached hydrogens (tertiary/aromatic N) is 1. The van der Waals surface area contributed by atoms with Crippen molar-refractivity contribution in [1.82, 2.24) is 0 Å². The Kier molecular flexibility index (Phi) is 7.00. The Labute approximate surface area is 180 Å². The van der Waals surface area contributed by atoms with Gasteiger partial charge in [0.25, 0.3) is 11.1 Å². The van der Waals surface area contributed by atoms with Crippen molar-refractivity contribution in [2.45, 2.75) is 0 Å². The molecule has 3 rings (SSSR count). The summed E-state index contributed by atoms with van der Waals surface area (Å²) in [7, 11) is 0. The van der Waals surface area contributed by atoms with E-state index in [0.29, 0.717) is 33.7 Å². The Bertz CT molecular complexity index is 1010. The first-order chi connectivity index (χ1) is 14.1. The minimum absolute atomic E-state index is 0.237. The molecule has 29 heavy (non-hydrogen) atoms. The van der Waals surface area contributed by atoms with Crippen molar-refractivity contribution in [2.75, 3.05) is 16.8 Å². The van der Waals surface area contributed by atoms with Gasteiger partial charge in [-0.3, -0.25) is 9.69 Å². The van der Waals surface area contributed by atoms with Crippen LogP contribution in [-0.4, -0.2) is 17.6 Å². The van der Waals surface area contributed by atoms with E-state index in [9.17, 15) is 4.79 Å². The quantitative estimate of drug-likeness (QED) is 0.393. The van der Waals surface area contributed by atoms with Gasteiger partial charge in [0.2, 0.25) is 0 Å². The van der Waals surface area contributed by atoms with Crippen LogP contribution in [0.25, 0.3) is 0 Å². The Morgan fingerprint density at radius 1 is 1.07 bits per heavy atom. The monoisotopic (exact) mass is 422 g/mol. The van der Waals surface area contributed by atoms with Crippen LogP contribution in [0.5, 0.6) is 5.75 Å². The molecule has 3 aromatic carbocycles. The molecule has 0 aliphatic carbocycles. The molecule has 0 bridgehead atoms. The number of para-hydroxylation sites is 1. The number of hydrogen-bond acceptors (Lipinski definition) is 3. The lowest BCUT2D eigenvalue weighted by molar-refractivity contribution is 0.102. The van der Waals surface area contributed by atoms with E-state index in [0.717, 1.165) is 5.69 Å². The van der Waals surface area contributed by atoms with Crippen molar-refractivity contribution < 1.29 is 9.53 Å². The maximum atomic E-state index is 12.4. The standard InChI is InChI=1S/C23H19ClN2O2S/c1-2-15-26(20-9-4-3-5-10-20)23(29)28-21-13-11-17(12-14-21)22(27)25-19-8-6-7-18(24)16-19/h2-14,16H,1,15H2,(H,25,27). The molecular weight excluding hydrogens is 404 g/mol. The molecule has 0 atom stereocenters. The summed E-state index contributed by atoms with van der Waals surface area (Å²) < 4.78 is 5.81. The number of benzene rings is 3. The fraction of sp³-hybridized carbons (Fsp3) is 0.0435. The van der Waals surface area contributed by atoms with Gasteiger partial charge in [-0.15, -0.1) is 6.58 Å². The normalized spacial score (nSPS) is 10.1. The maximum absolute atomic E-state index is 12.4. The van der Waals surface area contributed by atoms with Gasteiger partial charge < -0.3 is 10.1 Å². The molecule has 1 N–H and O–H groups in total. The summed E-state index contributed by atoms with van der Waals surface area (Å²) in [6, 6.07) is 23.4. The van der Waals surface area contributed by atoms with Gasteiger partial charge in [0, 0.05) is 28.5 Å². The summed E-state index contributed by atoms with van der Waals surface area (Å²) in [4.78, 5) is 14.2. The second-order valence-electron chi connectivity index (χ2n) is 6.09. The fourth-order valence-corrected chi connectivity index (χ4v) is 3.09. The van der Waals surface area contributed by atoms with Crippen molar-refractivity contribution >= 4 is 46.3 Å². The Hall–Kier alpha value is -3.15. The van der Waals surface area contributed by atoms with Gasteiger partial charge in [-0.05, 0) is 66.8 Å². The van der Waals surface area contributed by atoms with Crippen LogP contribution in [0, 0.1) is 0 Å². The molecule has 0 heterocycles. The zero-order valence-corrected chi connectivity index (χ0v) is 17.1. The average Bonchev–Trinajstić information content (AvgIpc) is 2.73. The third-order valence-corrected chi connectivity index (χ3v) is 4.54. The first-order valence-corrected chi connectivity index (χ1v) is 9.68. The number of nitrogens with one attached hydrogen (secondary N) is 1. The largest absolute Gasteiger partial charge is 0.432 e. The van der Waals surface area contributed by atoms with Gasteiger partial charge in [-0.1, -0.05) is 41.9 Å². The van der Waals surface area contributed by atoms with Gasteiger partial charge in [0.05, 0.1) is 0 Å². The van der Waals surface area contributed by atoms with Gasteiger partial charge in [0.15, 0.2) is 0 Å². The third-order valence-electron chi connectivity index (χ3n) is 4.00. The summed E-state index contributed by atoms with van der Waals surface area (Å²) in [6.07, 6.45) is 1.76. The molecule has 0 aliphatic heterocycles. The summed E-state index contributed by atoms with van der Waals surface area (Å²) in [6.45, 7) is 4.29. The van der Waals surface area contributed by atoms with Crippen LogP contribution in [0.2, 0.25) is 5.02 Å². The number of carbonyl (C=O) groups is 1. The van der Waals surface area contributed by atoms with Crippen molar-refractivity contribution in [3.8, 4) is 5.75 Å². The molecule has 0 radical (unpaired) electrons. The van der Waals surface area contributed by atoms with Crippen LogP contribution in [-0.2, 0) is 0 Å². The molecular formula is C23H19ClN2O2S. The van der Waals surface area contributed by atoms with Crippen LogP contribution in [0.4, 0.5) is 11.4 Å². The van der Waals surface area contributed by atoms with Crippen LogP contribution >= 0.6 is 23.8 Å². The fourth-order valence-electron chi connectivity index (χ4n) is 2.62. The minimum atomic E-state index is -0.237. The predicted octanol–water partition coefficient (Wildman–Crippen LogP) is 5.95. The molecule has 3 aromatic rings. The van der Waals surface area contributed by atoms with Crippen molar-refractivity contribution in [1.29, 1.82) is 0 Å². The second-order valence-corrected chi connectivity index (χ2v) is 6.88. The zero-order chi connectivity index (χ0) is 20.6. The highest BCUT2D eigenvalue weighted by atomic mass is 35.5. The average molecular weight is 423 g/mol. The number of halogens is 1. The van der Waals surface area contributed by atoms with Gasteiger partial charge >= 0.3 is 0 Å². The van der Waals surface area contributed by atoms with E-state index in [4.69, 9.17) is 28.6 Å². The maximum Gasteiger partial charge on any atom is 0.269 e. The number of rotatable bonds is 6. The molecule has 1 amide bonds. The number of anilines is 2. The Balaban J connectivity index is 1.67. The van der Waals surface area contributed by atoms with Crippen molar-refractivity contribution in [3.05, 3.63) is 102 Å². The van der Waals surface area contributed by atoms with Crippen LogP contribution in [0.15, 0.2) is 91.5 Å². The van der Waals surface area contributed by atoms with Crippen LogP contribution < -0.4 is 15.0 Å². The number of carbonyl (C=O) groups excluding carboxylic acids is 1. The molecule has 0 saturated carbocycles. The second kappa shape index (κ2) is 9.87. The molecule has 0 unspecified atom stereocenters. The number of amides is 1. The molecule has 4 nitrogen and oxygen atoms in total. The highest BCUT2D eigenvalue weighted by Crippen LogP contribution is 2.20. The highest BCUT2D eigenvalue weighted by molar-refractivity contribution is 7.80. The van der Waals surface area contributed by atoms with E-state index < -0.39 is 0 Å². The molecule has 0 spiro atoms. The number of thiocarbonyl (C=S) groups is 1. The minimum Gasteiger partial charge on any atom is -0.432 e. The summed E-state index contributed by atoms with van der Waals surface area (Å²) in [5.74, 6) is 0.304. The SMILES string of the molecule is C=CCN(C(=S)Oc1ccc(C(=O)Nc2cccc(Cl)c2)cc1)c1ccccc1. The summed E-state index contributed by atoms with van der Waals surface area (Å²) in [5.41, 5.74) is 2.04. The van der Waals surface area contributed by atoms with E-state index in [1.165, 1.54) is 0 Å².